The van der Waals surface area contributed by atoms with Crippen LogP contribution >= 0.6 is 0 Å². The Morgan fingerprint density at radius 3 is 2.27 bits per heavy atom. The predicted molar refractivity (Wildman–Crippen MR) is 116 cm³/mol. The molecule has 2 heterocycles. The summed E-state index contributed by atoms with van der Waals surface area (Å²) in [5, 5.41) is 40.8. The summed E-state index contributed by atoms with van der Waals surface area (Å²) in [5.74, 6) is 0.0757. The summed E-state index contributed by atoms with van der Waals surface area (Å²) < 4.78 is 27.3. The number of aliphatic hydroxyl groups is 3. The van der Waals surface area contributed by atoms with E-state index in [2.05, 4.69) is 0 Å². The van der Waals surface area contributed by atoms with Gasteiger partial charge in [0.15, 0.2) is 16.9 Å². The summed E-state index contributed by atoms with van der Waals surface area (Å²) in [7, 11) is 2.80. The lowest BCUT2D eigenvalue weighted by molar-refractivity contribution is -0.268. The summed E-state index contributed by atoms with van der Waals surface area (Å²) in [5.41, 5.74) is 0.0932. The van der Waals surface area contributed by atoms with Crippen molar-refractivity contribution < 1.29 is 43.8 Å². The van der Waals surface area contributed by atoms with Gasteiger partial charge in [-0.1, -0.05) is 0 Å². The second kappa shape index (κ2) is 8.91. The van der Waals surface area contributed by atoms with E-state index >= 15 is 0 Å². The summed E-state index contributed by atoms with van der Waals surface area (Å²) in [6, 6.07) is 9.41. The van der Waals surface area contributed by atoms with Gasteiger partial charge in [-0.2, -0.15) is 0 Å². The number of phenols is 1. The average Bonchev–Trinajstić information content (AvgIpc) is 2.81. The smallest absolute Gasteiger partial charge is 0.229 e. The van der Waals surface area contributed by atoms with E-state index in [9.17, 15) is 25.2 Å². The lowest BCUT2D eigenvalue weighted by Gasteiger charge is -2.39. The molecule has 0 amide bonds. The van der Waals surface area contributed by atoms with Crippen LogP contribution in [0.4, 0.5) is 0 Å². The van der Waals surface area contributed by atoms with Crippen molar-refractivity contribution in [2.24, 2.45) is 0 Å². The van der Waals surface area contributed by atoms with E-state index < -0.39 is 41.9 Å². The van der Waals surface area contributed by atoms with Crippen molar-refractivity contribution in [1.29, 1.82) is 0 Å². The van der Waals surface area contributed by atoms with Gasteiger partial charge in [0.1, 0.15) is 40.8 Å². The van der Waals surface area contributed by atoms with Crippen LogP contribution in [0.25, 0.3) is 22.3 Å². The van der Waals surface area contributed by atoms with Crippen LogP contribution in [0.15, 0.2) is 45.6 Å². The van der Waals surface area contributed by atoms with Crippen LogP contribution in [-0.2, 0) is 4.74 Å². The third kappa shape index (κ3) is 4.09. The van der Waals surface area contributed by atoms with Crippen molar-refractivity contribution in [3.05, 3.63) is 46.6 Å². The molecule has 4 rings (SSSR count). The van der Waals surface area contributed by atoms with Crippen molar-refractivity contribution in [3.8, 4) is 34.3 Å². The molecule has 0 spiro atoms. The number of aromatic hydroxyl groups is 1. The first kappa shape index (κ1) is 22.9. The number of phenolic OH excluding ortho intramolecular Hbond substituents is 1. The second-order valence-electron chi connectivity index (χ2n) is 7.63. The van der Waals surface area contributed by atoms with Gasteiger partial charge in [0.2, 0.25) is 12.0 Å². The Labute approximate surface area is 188 Å². The molecule has 1 fully saturated rings. The SMILES string of the molecule is COc1ccc(-c2cc(=O)c3c(O)c(OC)c(O[C@@H]4O[C@@H](C)[C@H](O)[C@H](O)[C@@H]4O)cc3o2)cc1. The minimum atomic E-state index is -1.59. The Hall–Kier alpha value is -3.31. The maximum absolute atomic E-state index is 12.8. The minimum absolute atomic E-state index is 0.000508. The summed E-state index contributed by atoms with van der Waals surface area (Å²) >= 11 is 0. The quantitative estimate of drug-likeness (QED) is 0.440. The van der Waals surface area contributed by atoms with Gasteiger partial charge in [0, 0.05) is 17.7 Å². The first-order valence-electron chi connectivity index (χ1n) is 10.1. The zero-order chi connectivity index (χ0) is 23.9. The molecule has 0 bridgehead atoms. The fourth-order valence-electron chi connectivity index (χ4n) is 3.68. The molecule has 2 aromatic carbocycles. The molecule has 33 heavy (non-hydrogen) atoms. The van der Waals surface area contributed by atoms with E-state index in [4.69, 9.17) is 23.4 Å². The molecule has 1 saturated heterocycles. The van der Waals surface area contributed by atoms with Gasteiger partial charge in [-0.3, -0.25) is 4.79 Å². The third-order valence-electron chi connectivity index (χ3n) is 5.54. The first-order chi connectivity index (χ1) is 15.7. The van der Waals surface area contributed by atoms with Gasteiger partial charge >= 0.3 is 0 Å². The Balaban J connectivity index is 1.79. The molecular formula is C23H24O10. The number of benzene rings is 2. The molecule has 3 aromatic rings. The van der Waals surface area contributed by atoms with Gasteiger partial charge < -0.3 is 43.8 Å². The molecular weight excluding hydrogens is 436 g/mol. The summed E-state index contributed by atoms with van der Waals surface area (Å²) in [6.45, 7) is 1.51. The molecule has 4 N–H and O–H groups in total. The van der Waals surface area contributed by atoms with E-state index in [0.29, 0.717) is 11.3 Å². The fourth-order valence-corrected chi connectivity index (χ4v) is 3.68. The van der Waals surface area contributed by atoms with Crippen LogP contribution in [0, 0.1) is 0 Å². The highest BCUT2D eigenvalue weighted by Gasteiger charge is 2.43. The molecule has 176 valence electrons. The largest absolute Gasteiger partial charge is 0.504 e. The number of aliphatic hydroxyl groups excluding tert-OH is 3. The van der Waals surface area contributed by atoms with E-state index in [1.165, 1.54) is 33.3 Å². The highest BCUT2D eigenvalue weighted by molar-refractivity contribution is 5.89. The maximum Gasteiger partial charge on any atom is 0.229 e. The number of rotatable bonds is 5. The van der Waals surface area contributed by atoms with Crippen molar-refractivity contribution in [2.45, 2.75) is 37.6 Å². The highest BCUT2D eigenvalue weighted by atomic mass is 16.7. The average molecular weight is 460 g/mol. The normalized spacial score (nSPS) is 25.1. The van der Waals surface area contributed by atoms with Crippen LogP contribution in [0.2, 0.25) is 0 Å². The minimum Gasteiger partial charge on any atom is -0.504 e. The number of hydrogen-bond acceptors (Lipinski definition) is 10. The highest BCUT2D eigenvalue weighted by Crippen LogP contribution is 2.43. The molecule has 10 nitrogen and oxygen atoms in total. The topological polar surface area (TPSA) is 148 Å². The van der Waals surface area contributed by atoms with E-state index in [0.717, 1.165) is 0 Å². The van der Waals surface area contributed by atoms with Crippen molar-refractivity contribution in [1.82, 2.24) is 0 Å². The van der Waals surface area contributed by atoms with Crippen molar-refractivity contribution in [3.63, 3.8) is 0 Å². The predicted octanol–water partition coefficient (Wildman–Crippen LogP) is 1.39. The van der Waals surface area contributed by atoms with Gasteiger partial charge in [0.25, 0.3) is 0 Å². The zero-order valence-corrected chi connectivity index (χ0v) is 18.1. The molecule has 0 unspecified atom stereocenters. The van der Waals surface area contributed by atoms with E-state index in [1.807, 2.05) is 0 Å². The lowest BCUT2D eigenvalue weighted by atomic mass is 10.00. The van der Waals surface area contributed by atoms with Crippen LogP contribution < -0.4 is 19.6 Å². The first-order valence-corrected chi connectivity index (χ1v) is 10.1. The van der Waals surface area contributed by atoms with E-state index in [-0.39, 0.29) is 28.2 Å². The Morgan fingerprint density at radius 2 is 1.64 bits per heavy atom. The molecule has 1 aliphatic rings. The number of hydrogen-bond donors (Lipinski definition) is 4. The lowest BCUT2D eigenvalue weighted by Crippen LogP contribution is -2.58. The fraction of sp³-hybridized carbons (Fsp3) is 0.348. The molecule has 1 aliphatic heterocycles. The molecule has 0 saturated carbocycles. The Morgan fingerprint density at radius 1 is 0.939 bits per heavy atom. The maximum atomic E-state index is 12.8. The van der Waals surface area contributed by atoms with Crippen molar-refractivity contribution >= 4 is 11.0 Å². The van der Waals surface area contributed by atoms with Gasteiger partial charge in [-0.25, -0.2) is 0 Å². The van der Waals surface area contributed by atoms with E-state index in [1.54, 1.807) is 24.3 Å². The van der Waals surface area contributed by atoms with Crippen LogP contribution in [0.3, 0.4) is 0 Å². The van der Waals surface area contributed by atoms with Crippen molar-refractivity contribution in [2.75, 3.05) is 14.2 Å². The number of ether oxygens (including phenoxy) is 4. The standard InChI is InChI=1S/C23H24O10/c1-10-18(25)20(27)21(28)23(31-10)33-16-9-15-17(19(26)22(16)30-3)13(24)8-14(32-15)11-4-6-12(29-2)7-5-11/h4-10,18,20-21,23,25-28H,1-3H3/t10-,18-,20-,21-,23-/m0/s1. The molecule has 1 aromatic heterocycles. The second-order valence-corrected chi connectivity index (χ2v) is 7.63. The summed E-state index contributed by atoms with van der Waals surface area (Å²) in [4.78, 5) is 12.8. The summed E-state index contributed by atoms with van der Waals surface area (Å²) in [6.07, 6.45) is -6.64. The zero-order valence-electron chi connectivity index (χ0n) is 18.1. The number of fused-ring (bicyclic) bond motifs is 1. The molecule has 0 radical (unpaired) electrons. The van der Waals surface area contributed by atoms with Crippen LogP contribution in [0.5, 0.6) is 23.0 Å². The Bertz CT molecular complexity index is 1200. The van der Waals surface area contributed by atoms with Crippen LogP contribution in [0.1, 0.15) is 6.92 Å². The third-order valence-corrected chi connectivity index (χ3v) is 5.54. The van der Waals surface area contributed by atoms with Gasteiger partial charge in [0.05, 0.1) is 20.3 Å². The Kier molecular flexibility index (Phi) is 6.17. The molecule has 10 heteroatoms. The monoisotopic (exact) mass is 460 g/mol. The van der Waals surface area contributed by atoms with Gasteiger partial charge in [-0.05, 0) is 31.2 Å². The van der Waals surface area contributed by atoms with Crippen LogP contribution in [-0.4, -0.2) is 65.4 Å². The molecule has 5 atom stereocenters. The molecule has 0 aliphatic carbocycles. The van der Waals surface area contributed by atoms with Gasteiger partial charge in [-0.15, -0.1) is 0 Å². The number of methoxy groups -OCH3 is 2.